The SMILES string of the molecule is CC(N)C(=O)NC(C(=O)NC(CO)C(=O)NCC(=O)O)C(C)C. The highest BCUT2D eigenvalue weighted by molar-refractivity contribution is 5.93. The number of aliphatic hydroxyl groups excluding tert-OH is 1. The molecule has 0 rings (SSSR count). The van der Waals surface area contributed by atoms with E-state index >= 15 is 0 Å². The number of amides is 3. The Balaban J connectivity index is 4.83. The molecule has 0 fully saturated rings. The molecule has 3 amide bonds. The Morgan fingerprint density at radius 1 is 1.00 bits per heavy atom. The zero-order valence-electron chi connectivity index (χ0n) is 13.3. The summed E-state index contributed by atoms with van der Waals surface area (Å²) < 4.78 is 0. The van der Waals surface area contributed by atoms with Crippen LogP contribution in [0.5, 0.6) is 0 Å². The number of carboxylic acid groups (broad SMARTS) is 1. The van der Waals surface area contributed by atoms with Gasteiger partial charge in [-0.3, -0.25) is 19.2 Å². The first kappa shape index (κ1) is 20.8. The van der Waals surface area contributed by atoms with Crippen LogP contribution in [-0.2, 0) is 19.2 Å². The van der Waals surface area contributed by atoms with Crippen molar-refractivity contribution in [2.24, 2.45) is 11.7 Å². The highest BCUT2D eigenvalue weighted by atomic mass is 16.4. The number of rotatable bonds is 9. The van der Waals surface area contributed by atoms with E-state index in [9.17, 15) is 24.3 Å². The molecule has 10 nitrogen and oxygen atoms in total. The Morgan fingerprint density at radius 3 is 1.96 bits per heavy atom. The molecule has 0 heterocycles. The van der Waals surface area contributed by atoms with Crippen molar-refractivity contribution in [3.63, 3.8) is 0 Å². The van der Waals surface area contributed by atoms with Crippen LogP contribution >= 0.6 is 0 Å². The molecule has 3 atom stereocenters. The van der Waals surface area contributed by atoms with E-state index in [1.54, 1.807) is 13.8 Å². The quantitative estimate of drug-likeness (QED) is 0.264. The molecule has 3 unspecified atom stereocenters. The molecule has 0 bridgehead atoms. The van der Waals surface area contributed by atoms with Crippen molar-refractivity contribution >= 4 is 23.7 Å². The van der Waals surface area contributed by atoms with Gasteiger partial charge in [-0.05, 0) is 12.8 Å². The monoisotopic (exact) mass is 332 g/mol. The summed E-state index contributed by atoms with van der Waals surface area (Å²) in [6, 6.07) is -3.08. The van der Waals surface area contributed by atoms with Crippen LogP contribution in [0.4, 0.5) is 0 Å². The van der Waals surface area contributed by atoms with Gasteiger partial charge in [-0.2, -0.15) is 0 Å². The van der Waals surface area contributed by atoms with Gasteiger partial charge in [0.25, 0.3) is 0 Å². The summed E-state index contributed by atoms with van der Waals surface area (Å²) in [7, 11) is 0. The first-order valence-corrected chi connectivity index (χ1v) is 7.06. The number of aliphatic carboxylic acids is 1. The molecule has 0 radical (unpaired) electrons. The number of carbonyl (C=O) groups is 4. The summed E-state index contributed by atoms with van der Waals surface area (Å²) in [5.74, 6) is -3.61. The van der Waals surface area contributed by atoms with E-state index in [0.29, 0.717) is 0 Å². The highest BCUT2D eigenvalue weighted by Gasteiger charge is 2.29. The zero-order chi connectivity index (χ0) is 18.2. The van der Waals surface area contributed by atoms with Crippen molar-refractivity contribution in [2.75, 3.05) is 13.2 Å². The fourth-order valence-corrected chi connectivity index (χ4v) is 1.56. The van der Waals surface area contributed by atoms with Crippen molar-refractivity contribution in [3.05, 3.63) is 0 Å². The molecule has 0 aliphatic rings. The normalized spacial score (nSPS) is 14.5. The third-order valence-corrected chi connectivity index (χ3v) is 2.89. The molecular weight excluding hydrogens is 308 g/mol. The lowest BCUT2D eigenvalue weighted by atomic mass is 10.0. The van der Waals surface area contributed by atoms with Crippen LogP contribution in [0.1, 0.15) is 20.8 Å². The summed E-state index contributed by atoms with van der Waals surface area (Å²) in [5.41, 5.74) is 5.42. The molecule has 0 saturated heterocycles. The van der Waals surface area contributed by atoms with Gasteiger partial charge in [0.1, 0.15) is 18.6 Å². The molecule has 0 saturated carbocycles. The average Bonchev–Trinajstić information content (AvgIpc) is 2.46. The van der Waals surface area contributed by atoms with Gasteiger partial charge in [0.05, 0.1) is 12.6 Å². The second-order valence-corrected chi connectivity index (χ2v) is 5.37. The van der Waals surface area contributed by atoms with Crippen LogP contribution in [0.3, 0.4) is 0 Å². The van der Waals surface area contributed by atoms with Gasteiger partial charge in [-0.1, -0.05) is 13.8 Å². The average molecular weight is 332 g/mol. The molecule has 10 heteroatoms. The number of nitrogens with one attached hydrogen (secondary N) is 3. The van der Waals surface area contributed by atoms with Gasteiger partial charge >= 0.3 is 5.97 Å². The maximum absolute atomic E-state index is 12.2. The van der Waals surface area contributed by atoms with Gasteiger partial charge in [-0.15, -0.1) is 0 Å². The van der Waals surface area contributed by atoms with Gasteiger partial charge in [0.2, 0.25) is 17.7 Å². The van der Waals surface area contributed by atoms with Crippen LogP contribution in [0.25, 0.3) is 0 Å². The van der Waals surface area contributed by atoms with E-state index in [1.165, 1.54) is 6.92 Å². The Labute approximate surface area is 133 Å². The molecule has 23 heavy (non-hydrogen) atoms. The fraction of sp³-hybridized carbons (Fsp3) is 0.692. The first-order chi connectivity index (χ1) is 10.6. The number of nitrogens with two attached hydrogens (primary N) is 1. The number of aliphatic hydroxyl groups is 1. The van der Waals surface area contributed by atoms with E-state index in [-0.39, 0.29) is 5.92 Å². The third kappa shape index (κ3) is 7.56. The smallest absolute Gasteiger partial charge is 0.322 e. The summed E-state index contributed by atoms with van der Waals surface area (Å²) in [6.07, 6.45) is 0. The van der Waals surface area contributed by atoms with Gasteiger partial charge in [0, 0.05) is 0 Å². The Bertz CT molecular complexity index is 452. The molecule has 0 aromatic heterocycles. The van der Waals surface area contributed by atoms with Gasteiger partial charge < -0.3 is 31.9 Å². The van der Waals surface area contributed by atoms with Crippen LogP contribution < -0.4 is 21.7 Å². The summed E-state index contributed by atoms with van der Waals surface area (Å²) in [4.78, 5) is 45.9. The van der Waals surface area contributed by atoms with E-state index in [1.807, 2.05) is 5.32 Å². The maximum Gasteiger partial charge on any atom is 0.322 e. The minimum atomic E-state index is -1.32. The van der Waals surface area contributed by atoms with Crippen LogP contribution in [0.15, 0.2) is 0 Å². The summed E-state index contributed by atoms with van der Waals surface area (Å²) >= 11 is 0. The second-order valence-electron chi connectivity index (χ2n) is 5.37. The number of carbonyl (C=O) groups excluding carboxylic acids is 3. The Hall–Kier alpha value is -2.20. The van der Waals surface area contributed by atoms with E-state index in [4.69, 9.17) is 10.8 Å². The number of carboxylic acids is 1. The molecule has 0 spiro atoms. The van der Waals surface area contributed by atoms with Crippen molar-refractivity contribution in [1.82, 2.24) is 16.0 Å². The number of hydrogen-bond donors (Lipinski definition) is 6. The lowest BCUT2D eigenvalue weighted by Crippen LogP contribution is -2.58. The van der Waals surface area contributed by atoms with Crippen molar-refractivity contribution in [2.45, 2.75) is 38.9 Å². The minimum absolute atomic E-state index is 0.292. The molecule has 0 aromatic carbocycles. The number of hydrogen-bond acceptors (Lipinski definition) is 6. The predicted octanol–water partition coefficient (Wildman–Crippen LogP) is -2.85. The topological polar surface area (TPSA) is 171 Å². The first-order valence-electron chi connectivity index (χ1n) is 7.06. The maximum atomic E-state index is 12.2. The highest BCUT2D eigenvalue weighted by Crippen LogP contribution is 2.03. The third-order valence-electron chi connectivity index (χ3n) is 2.89. The second kappa shape index (κ2) is 9.74. The lowest BCUT2D eigenvalue weighted by molar-refractivity contribution is -0.139. The molecule has 132 valence electrons. The molecule has 7 N–H and O–H groups in total. The summed E-state index contributed by atoms with van der Waals surface area (Å²) in [5, 5.41) is 24.4. The predicted molar refractivity (Wildman–Crippen MR) is 80.1 cm³/mol. The van der Waals surface area contributed by atoms with Crippen molar-refractivity contribution in [1.29, 1.82) is 0 Å². The standard InChI is InChI=1S/C13H24N4O6/c1-6(2)10(17-11(21)7(3)14)13(23)16-8(5-18)12(22)15-4-9(19)20/h6-8,10,18H,4-5,14H2,1-3H3,(H,15,22)(H,16,23)(H,17,21)(H,19,20). The zero-order valence-corrected chi connectivity index (χ0v) is 13.3. The molecular formula is C13H24N4O6. The van der Waals surface area contributed by atoms with E-state index in [0.717, 1.165) is 0 Å². The Morgan fingerprint density at radius 2 is 1.57 bits per heavy atom. The van der Waals surface area contributed by atoms with Crippen molar-refractivity contribution in [3.8, 4) is 0 Å². The largest absolute Gasteiger partial charge is 0.480 e. The van der Waals surface area contributed by atoms with E-state index in [2.05, 4.69) is 10.6 Å². The molecule has 0 aliphatic heterocycles. The summed E-state index contributed by atoms with van der Waals surface area (Å²) in [6.45, 7) is 3.47. The van der Waals surface area contributed by atoms with Crippen LogP contribution in [0.2, 0.25) is 0 Å². The lowest BCUT2D eigenvalue weighted by Gasteiger charge is -2.25. The minimum Gasteiger partial charge on any atom is -0.480 e. The molecule has 0 aromatic rings. The Kier molecular flexibility index (Phi) is 8.81. The van der Waals surface area contributed by atoms with Crippen molar-refractivity contribution < 1.29 is 29.4 Å². The van der Waals surface area contributed by atoms with E-state index < -0.39 is 55.0 Å². The van der Waals surface area contributed by atoms with Gasteiger partial charge in [-0.25, -0.2) is 0 Å². The fourth-order valence-electron chi connectivity index (χ4n) is 1.56. The van der Waals surface area contributed by atoms with Crippen LogP contribution in [0, 0.1) is 5.92 Å². The van der Waals surface area contributed by atoms with Gasteiger partial charge in [0.15, 0.2) is 0 Å². The molecule has 0 aliphatic carbocycles. The van der Waals surface area contributed by atoms with Crippen LogP contribution in [-0.4, -0.2) is 65.2 Å².